The Bertz CT molecular complexity index is 648. The van der Waals surface area contributed by atoms with Gasteiger partial charge in [-0.3, -0.25) is 0 Å². The molecule has 0 bridgehead atoms. The average Bonchev–Trinajstić information content (AvgIpc) is 2.44. The number of rotatable bonds is 3. The van der Waals surface area contributed by atoms with E-state index in [1.807, 2.05) is 31.2 Å². The number of benzene rings is 1. The summed E-state index contributed by atoms with van der Waals surface area (Å²) < 4.78 is 5.26. The fourth-order valence-electron chi connectivity index (χ4n) is 2.55. The number of hydrogen-bond acceptors (Lipinski definition) is 4. The van der Waals surface area contributed by atoms with Crippen molar-refractivity contribution in [1.82, 2.24) is 10.2 Å². The third kappa shape index (κ3) is 4.85. The van der Waals surface area contributed by atoms with E-state index in [9.17, 15) is 14.7 Å². The lowest BCUT2D eigenvalue weighted by molar-refractivity contribution is -0.112. The maximum Gasteiger partial charge on any atom is 0.410 e. The second-order valence-electron chi connectivity index (χ2n) is 7.58. The summed E-state index contributed by atoms with van der Waals surface area (Å²) in [6, 6.07) is 6.52. The van der Waals surface area contributed by atoms with E-state index in [2.05, 4.69) is 10.6 Å². The molecule has 0 aliphatic carbocycles. The molecule has 1 aromatic carbocycles. The first-order valence-electron chi connectivity index (χ1n) is 8.34. The molecule has 7 heteroatoms. The van der Waals surface area contributed by atoms with E-state index in [-0.39, 0.29) is 13.1 Å². The number of hydrogen-bond donors (Lipinski definition) is 3. The van der Waals surface area contributed by atoms with Crippen LogP contribution in [0.5, 0.6) is 0 Å². The number of aliphatic hydroxyl groups is 1. The number of para-hydroxylation sites is 1. The number of anilines is 1. The third-order valence-electron chi connectivity index (χ3n) is 4.13. The average molecular weight is 349 g/mol. The molecule has 1 fully saturated rings. The summed E-state index contributed by atoms with van der Waals surface area (Å²) in [7, 11) is 0. The lowest BCUT2D eigenvalue weighted by Crippen LogP contribution is -2.71. The maximum atomic E-state index is 12.1. The molecule has 1 saturated heterocycles. The van der Waals surface area contributed by atoms with Crippen LogP contribution in [0.25, 0.3) is 0 Å². The molecule has 1 atom stereocenters. The predicted octanol–water partition coefficient (Wildman–Crippen LogP) is 2.49. The third-order valence-corrected chi connectivity index (χ3v) is 4.13. The molecule has 0 spiro atoms. The summed E-state index contributed by atoms with van der Waals surface area (Å²) in [6.07, 6.45) is -0.464. The number of urea groups is 1. The first kappa shape index (κ1) is 19.1. The van der Waals surface area contributed by atoms with Crippen LogP contribution in [0.3, 0.4) is 0 Å². The highest BCUT2D eigenvalue weighted by atomic mass is 16.6. The van der Waals surface area contributed by atoms with Crippen molar-refractivity contribution in [3.05, 3.63) is 29.8 Å². The fraction of sp³-hybridized carbons (Fsp3) is 0.556. The molecule has 138 valence electrons. The Labute approximate surface area is 148 Å². The lowest BCUT2D eigenvalue weighted by atomic mass is 9.87. The SMILES string of the molecule is Cc1ccccc1NC(=O)NC(C)C1(O)CN(C(=O)OC(C)(C)C)C1. The normalized spacial score (nSPS) is 17.3. The van der Waals surface area contributed by atoms with Crippen molar-refractivity contribution in [1.29, 1.82) is 0 Å². The number of nitrogens with one attached hydrogen (secondary N) is 2. The molecule has 0 radical (unpaired) electrons. The Morgan fingerprint density at radius 3 is 2.44 bits per heavy atom. The van der Waals surface area contributed by atoms with Gasteiger partial charge in [-0.2, -0.15) is 0 Å². The van der Waals surface area contributed by atoms with E-state index in [4.69, 9.17) is 4.74 Å². The number of amides is 3. The quantitative estimate of drug-likeness (QED) is 0.782. The molecule has 1 heterocycles. The van der Waals surface area contributed by atoms with E-state index in [0.717, 1.165) is 5.56 Å². The van der Waals surface area contributed by atoms with Crippen LogP contribution in [0.2, 0.25) is 0 Å². The van der Waals surface area contributed by atoms with Crippen LogP contribution in [0.4, 0.5) is 15.3 Å². The molecule has 2 rings (SSSR count). The molecular formula is C18H27N3O4. The van der Waals surface area contributed by atoms with Crippen molar-refractivity contribution in [3.63, 3.8) is 0 Å². The molecule has 1 aliphatic rings. The highest BCUT2D eigenvalue weighted by molar-refractivity contribution is 5.90. The maximum absolute atomic E-state index is 12.1. The van der Waals surface area contributed by atoms with Crippen molar-refractivity contribution in [2.45, 2.75) is 51.9 Å². The molecule has 1 aliphatic heterocycles. The molecular weight excluding hydrogens is 322 g/mol. The fourth-order valence-corrected chi connectivity index (χ4v) is 2.55. The number of aryl methyl sites for hydroxylation is 1. The Hall–Kier alpha value is -2.28. The first-order valence-corrected chi connectivity index (χ1v) is 8.34. The highest BCUT2D eigenvalue weighted by Gasteiger charge is 2.49. The number of ether oxygens (including phenoxy) is 1. The number of β-amino-alcohol motifs (C(OH)–C–C–N with tert-alkyl or cyclic N) is 1. The Morgan fingerprint density at radius 2 is 1.88 bits per heavy atom. The van der Waals surface area contributed by atoms with Gasteiger partial charge in [0.25, 0.3) is 0 Å². The van der Waals surface area contributed by atoms with E-state index in [1.54, 1.807) is 27.7 Å². The van der Waals surface area contributed by atoms with E-state index < -0.39 is 29.4 Å². The van der Waals surface area contributed by atoms with Crippen molar-refractivity contribution in [2.24, 2.45) is 0 Å². The summed E-state index contributed by atoms with van der Waals surface area (Å²) in [4.78, 5) is 25.5. The van der Waals surface area contributed by atoms with Crippen LogP contribution in [0.15, 0.2) is 24.3 Å². The van der Waals surface area contributed by atoms with Gasteiger partial charge in [0, 0.05) is 5.69 Å². The minimum atomic E-state index is -1.17. The minimum Gasteiger partial charge on any atom is -0.444 e. The van der Waals surface area contributed by atoms with Crippen LogP contribution < -0.4 is 10.6 Å². The van der Waals surface area contributed by atoms with Gasteiger partial charge in [0.2, 0.25) is 0 Å². The summed E-state index contributed by atoms with van der Waals surface area (Å²) in [5, 5.41) is 16.1. The molecule has 3 amide bonds. The molecule has 0 saturated carbocycles. The molecule has 3 N–H and O–H groups in total. The largest absolute Gasteiger partial charge is 0.444 e. The lowest BCUT2D eigenvalue weighted by Gasteiger charge is -2.49. The summed E-state index contributed by atoms with van der Waals surface area (Å²) in [6.45, 7) is 9.22. The van der Waals surface area contributed by atoms with Crippen LogP contribution in [0.1, 0.15) is 33.3 Å². The summed E-state index contributed by atoms with van der Waals surface area (Å²) in [5.41, 5.74) is -0.0888. The van der Waals surface area contributed by atoms with Crippen molar-refractivity contribution >= 4 is 17.8 Å². The first-order chi connectivity index (χ1) is 11.5. The van der Waals surface area contributed by atoms with Crippen molar-refractivity contribution in [3.8, 4) is 0 Å². The van der Waals surface area contributed by atoms with E-state index in [1.165, 1.54) is 4.90 Å². The van der Waals surface area contributed by atoms with Crippen LogP contribution in [0, 0.1) is 6.92 Å². The molecule has 25 heavy (non-hydrogen) atoms. The van der Waals surface area contributed by atoms with Crippen LogP contribution >= 0.6 is 0 Å². The van der Waals surface area contributed by atoms with Crippen molar-refractivity contribution < 1.29 is 19.4 Å². The Kier molecular flexibility index (Phi) is 5.27. The molecule has 0 aromatic heterocycles. The van der Waals surface area contributed by atoms with E-state index in [0.29, 0.717) is 5.69 Å². The molecule has 1 unspecified atom stereocenters. The van der Waals surface area contributed by atoms with Crippen molar-refractivity contribution in [2.75, 3.05) is 18.4 Å². The second-order valence-corrected chi connectivity index (χ2v) is 7.58. The topological polar surface area (TPSA) is 90.9 Å². The highest BCUT2D eigenvalue weighted by Crippen LogP contribution is 2.26. The summed E-state index contributed by atoms with van der Waals surface area (Å²) in [5.74, 6) is 0. The van der Waals surface area contributed by atoms with Crippen LogP contribution in [-0.2, 0) is 4.74 Å². The van der Waals surface area contributed by atoms with Crippen LogP contribution in [-0.4, -0.2) is 52.5 Å². The zero-order chi connectivity index (χ0) is 18.8. The Morgan fingerprint density at radius 1 is 1.28 bits per heavy atom. The van der Waals surface area contributed by atoms with Gasteiger partial charge in [-0.15, -0.1) is 0 Å². The number of nitrogens with zero attached hydrogens (tertiary/aromatic N) is 1. The predicted molar refractivity (Wildman–Crippen MR) is 95.6 cm³/mol. The zero-order valence-corrected chi connectivity index (χ0v) is 15.4. The second kappa shape index (κ2) is 6.92. The smallest absolute Gasteiger partial charge is 0.410 e. The van der Waals surface area contributed by atoms with Gasteiger partial charge in [0.1, 0.15) is 11.2 Å². The number of carbonyl (C=O) groups is 2. The molecule has 7 nitrogen and oxygen atoms in total. The van der Waals surface area contributed by atoms with E-state index >= 15 is 0 Å². The zero-order valence-electron chi connectivity index (χ0n) is 15.4. The Balaban J connectivity index is 1.85. The number of likely N-dealkylation sites (tertiary alicyclic amines) is 1. The van der Waals surface area contributed by atoms with Gasteiger partial charge in [-0.25, -0.2) is 9.59 Å². The monoisotopic (exact) mass is 349 g/mol. The number of carbonyl (C=O) groups excluding carboxylic acids is 2. The van der Waals surface area contributed by atoms with Gasteiger partial charge in [-0.1, -0.05) is 18.2 Å². The van der Waals surface area contributed by atoms with Gasteiger partial charge in [0.15, 0.2) is 0 Å². The standard InChI is InChI=1S/C18H27N3O4/c1-12-8-6-7-9-14(12)20-15(22)19-13(2)18(24)10-21(11-18)16(23)25-17(3,4)5/h6-9,13,24H,10-11H2,1-5H3,(H2,19,20,22). The summed E-state index contributed by atoms with van der Waals surface area (Å²) >= 11 is 0. The van der Waals surface area contributed by atoms with Gasteiger partial charge in [-0.05, 0) is 46.2 Å². The molecule has 1 aromatic rings. The minimum absolute atomic E-state index is 0.119. The van der Waals surface area contributed by atoms with Gasteiger partial charge in [0.05, 0.1) is 19.1 Å². The van der Waals surface area contributed by atoms with Gasteiger partial charge >= 0.3 is 12.1 Å². The van der Waals surface area contributed by atoms with Gasteiger partial charge < -0.3 is 25.4 Å².